The number of carbonyl (C=O) groups is 6. The molecule has 0 heterocycles. The van der Waals surface area contributed by atoms with Crippen LogP contribution in [0.2, 0.25) is 0 Å². The molecule has 0 saturated carbocycles. The van der Waals surface area contributed by atoms with E-state index in [1.54, 1.807) is 0 Å². The predicted molar refractivity (Wildman–Crippen MR) is 107 cm³/mol. The third kappa shape index (κ3) is 6.97. The van der Waals surface area contributed by atoms with Crippen LogP contribution in [0.15, 0.2) is 64.7 Å². The summed E-state index contributed by atoms with van der Waals surface area (Å²) in [6.45, 7) is 0. The normalized spacial score (nSPS) is 18.6. The summed E-state index contributed by atoms with van der Waals surface area (Å²) in [6, 6.07) is 0. The fourth-order valence-electron chi connectivity index (χ4n) is 1.81. The second-order valence-corrected chi connectivity index (χ2v) is 8.10. The number of ketones is 6. The van der Waals surface area contributed by atoms with Crippen molar-refractivity contribution in [3.63, 3.8) is 0 Å². The van der Waals surface area contributed by atoms with Crippen LogP contribution in [0.1, 0.15) is 0 Å². The van der Waals surface area contributed by atoms with E-state index in [0.29, 0.717) is 0 Å². The molecule has 0 atom stereocenters. The minimum absolute atomic E-state index is 0. The first-order valence-corrected chi connectivity index (χ1v) is 10.4. The van der Waals surface area contributed by atoms with Gasteiger partial charge in [-0.1, -0.05) is 69.6 Å². The van der Waals surface area contributed by atoms with E-state index in [0.717, 1.165) is 0 Å². The van der Waals surface area contributed by atoms with Crippen LogP contribution in [0.3, 0.4) is 0 Å². The summed E-state index contributed by atoms with van der Waals surface area (Å²) in [4.78, 5) is 64.2. The molecule has 3 aliphatic carbocycles. The Labute approximate surface area is 248 Å². The number of Topliss-reactive ketones (excluding diaryl/α,β-unsaturated/α-hetero) is 6. The number of rotatable bonds is 0. The van der Waals surface area contributed by atoms with Crippen molar-refractivity contribution in [2.75, 3.05) is 0 Å². The van der Waals surface area contributed by atoms with Gasteiger partial charge < -0.3 is 30.6 Å². The fraction of sp³-hybridized carbons (Fsp3) is 0. The van der Waals surface area contributed by atoms with Crippen LogP contribution in [0.4, 0.5) is 0 Å². The van der Waals surface area contributed by atoms with Gasteiger partial charge in [-0.3, -0.25) is 28.8 Å². The molecule has 19 heteroatoms. The van der Waals surface area contributed by atoms with Gasteiger partial charge in [0.1, 0.15) is 0 Å². The van der Waals surface area contributed by atoms with Gasteiger partial charge in [-0.15, -0.1) is 0 Å². The quantitative estimate of drug-likeness (QED) is 0.174. The zero-order valence-electron chi connectivity index (χ0n) is 16.6. The molecule has 0 unspecified atom stereocenters. The second kappa shape index (κ2) is 13.5. The maximum atomic E-state index is 10.7. The molecule has 0 fully saturated rings. The summed E-state index contributed by atoms with van der Waals surface area (Å²) in [5.74, 6) is -14.8. The molecule has 3 aliphatic rings. The zero-order valence-corrected chi connectivity index (χ0v) is 23.1. The van der Waals surface area contributed by atoms with E-state index in [4.69, 9.17) is 69.6 Å². The van der Waals surface area contributed by atoms with E-state index in [1.807, 2.05) is 0 Å². The minimum Gasteiger partial charge on any atom is -0.869 e. The maximum Gasteiger partial charge on any atom is 6.00 e. The van der Waals surface area contributed by atoms with Crippen molar-refractivity contribution in [3.05, 3.63) is 64.7 Å². The van der Waals surface area contributed by atoms with Gasteiger partial charge in [0.05, 0.1) is 30.2 Å². The van der Waals surface area contributed by atoms with Crippen LogP contribution in [-0.2, 0) is 49.8 Å². The molecule has 0 aromatic carbocycles. The van der Waals surface area contributed by atoms with Gasteiger partial charge in [0.25, 0.3) is 0 Å². The van der Waals surface area contributed by atoms with E-state index in [9.17, 15) is 59.4 Å². The van der Waals surface area contributed by atoms with Crippen LogP contribution in [0, 0.1) is 0 Å². The standard InChI is InChI=1S/3C6H2Cl2O4.Mo/c3*7-1-3(9)5(11)2(8)6(12)4(1)10;/h3*9,12H;/q;;;+6/p-6. The Morgan fingerprint density at radius 3 is 0.459 bits per heavy atom. The van der Waals surface area contributed by atoms with Gasteiger partial charge in [0, 0.05) is 0 Å². The number of hydrogen-bond donors (Lipinski definition) is 0. The first kappa shape index (κ1) is 34.7. The molecule has 3 rings (SSSR count). The Kier molecular flexibility index (Phi) is 12.6. The topological polar surface area (TPSA) is 241 Å². The van der Waals surface area contributed by atoms with Crippen LogP contribution in [-0.4, -0.2) is 34.7 Å². The van der Waals surface area contributed by atoms with Crippen molar-refractivity contribution >= 4 is 104 Å². The fourth-order valence-corrected chi connectivity index (χ4v) is 2.84. The number of carbonyl (C=O) groups excluding carboxylic acids is 6. The van der Waals surface area contributed by atoms with Gasteiger partial charge in [-0.05, 0) is 34.6 Å². The molecule has 0 aromatic rings. The Hall–Kier alpha value is -2.31. The monoisotopic (exact) mass is 716 g/mol. The Bertz CT molecular complexity index is 1000. The molecular weight excluding hydrogens is 717 g/mol. The molecule has 37 heavy (non-hydrogen) atoms. The molecule has 0 aromatic heterocycles. The van der Waals surface area contributed by atoms with Crippen LogP contribution < -0.4 is 30.6 Å². The van der Waals surface area contributed by atoms with Crippen LogP contribution in [0.5, 0.6) is 0 Å². The average molecular weight is 717 g/mol. The number of hydrogen-bond acceptors (Lipinski definition) is 12. The molecule has 0 N–H and O–H groups in total. The Morgan fingerprint density at radius 2 is 0.378 bits per heavy atom. The van der Waals surface area contributed by atoms with E-state index in [1.165, 1.54) is 0 Å². The van der Waals surface area contributed by atoms with E-state index in [-0.39, 0.29) is 21.1 Å². The van der Waals surface area contributed by atoms with Gasteiger partial charge in [-0.25, -0.2) is 0 Å². The smallest absolute Gasteiger partial charge is 0.869 e. The third-order valence-corrected chi connectivity index (χ3v) is 5.69. The third-order valence-electron chi connectivity index (χ3n) is 3.63. The molecule has 0 spiro atoms. The maximum absolute atomic E-state index is 10.7. The van der Waals surface area contributed by atoms with Crippen LogP contribution >= 0.6 is 69.6 Å². The summed E-state index contributed by atoms with van der Waals surface area (Å²) in [5, 5.41) is 58.8. The second-order valence-electron chi connectivity index (χ2n) is 5.83. The summed E-state index contributed by atoms with van der Waals surface area (Å²) in [7, 11) is 0. The number of halogens is 6. The first-order chi connectivity index (χ1) is 16.4. The van der Waals surface area contributed by atoms with Gasteiger partial charge in [-0.2, -0.15) is 0 Å². The molecule has 0 saturated heterocycles. The Balaban J connectivity index is 0.000000518. The van der Waals surface area contributed by atoms with E-state index < -0.39 is 99.4 Å². The molecular formula is C18Cl6MoO12. The van der Waals surface area contributed by atoms with Crippen molar-refractivity contribution in [2.45, 2.75) is 0 Å². The van der Waals surface area contributed by atoms with E-state index in [2.05, 4.69) is 0 Å². The number of allylic oxidation sites excluding steroid dienone is 6. The molecule has 0 aliphatic heterocycles. The van der Waals surface area contributed by atoms with Crippen molar-refractivity contribution in [3.8, 4) is 0 Å². The largest absolute Gasteiger partial charge is 6.00 e. The first-order valence-electron chi connectivity index (χ1n) is 8.08. The molecule has 12 nitrogen and oxygen atoms in total. The van der Waals surface area contributed by atoms with Gasteiger partial charge in [0.2, 0.25) is 0 Å². The molecule has 192 valence electrons. The Morgan fingerprint density at radius 1 is 0.297 bits per heavy atom. The molecule has 0 bridgehead atoms. The minimum atomic E-state index is -1.23. The van der Waals surface area contributed by atoms with E-state index >= 15 is 0 Å². The van der Waals surface area contributed by atoms with Crippen molar-refractivity contribution in [1.29, 1.82) is 0 Å². The summed E-state index contributed by atoms with van der Waals surface area (Å²) < 4.78 is 0. The summed E-state index contributed by atoms with van der Waals surface area (Å²) in [5.41, 5.74) is 0. The predicted octanol–water partition coefficient (Wildman–Crippen LogP) is -3.72. The molecule has 0 amide bonds. The van der Waals surface area contributed by atoms with Gasteiger partial charge >= 0.3 is 21.1 Å². The average Bonchev–Trinajstić information content (AvgIpc) is 2.87. The van der Waals surface area contributed by atoms with Crippen molar-refractivity contribution in [1.82, 2.24) is 0 Å². The van der Waals surface area contributed by atoms with Crippen molar-refractivity contribution in [2.24, 2.45) is 0 Å². The summed E-state index contributed by atoms with van der Waals surface area (Å²) >= 11 is 30.5. The van der Waals surface area contributed by atoms with Crippen LogP contribution in [0.25, 0.3) is 0 Å². The SMILES string of the molecule is O=C1C([O-])=C(Cl)C(=O)C([O-])=C1Cl.O=C1C([O-])=C(Cl)C(=O)C([O-])=C1Cl.O=C1C([O-])=C(Cl)C(=O)C([O-])=C1Cl.[Mo+6]. The zero-order chi connectivity index (χ0) is 28.4. The summed E-state index contributed by atoms with van der Waals surface area (Å²) in [6.07, 6.45) is 0. The van der Waals surface area contributed by atoms with Gasteiger partial charge in [0.15, 0.2) is 34.7 Å². The van der Waals surface area contributed by atoms with Crippen molar-refractivity contribution < 1.29 is 80.5 Å². The molecule has 0 radical (unpaired) electrons.